The fourth-order valence-electron chi connectivity index (χ4n) is 3.00. The Hall–Kier alpha value is -2.29. The Morgan fingerprint density at radius 2 is 2.26 bits per heavy atom. The van der Waals surface area contributed by atoms with Crippen LogP contribution in [-0.4, -0.2) is 61.1 Å². The van der Waals surface area contributed by atoms with E-state index in [-0.39, 0.29) is 18.4 Å². The van der Waals surface area contributed by atoms with Crippen LogP contribution in [0, 0.1) is 6.92 Å². The fraction of sp³-hybridized carbons (Fsp3) is 0.421. The van der Waals surface area contributed by atoms with Gasteiger partial charge < -0.3 is 15.4 Å². The number of hydrogen-bond acceptors (Lipinski definition) is 6. The van der Waals surface area contributed by atoms with Crippen molar-refractivity contribution in [2.24, 2.45) is 0 Å². The topological polar surface area (TPSA) is 83.6 Å². The first-order valence-electron chi connectivity index (χ1n) is 8.89. The molecule has 8 heteroatoms. The minimum atomic E-state index is -0.530. The van der Waals surface area contributed by atoms with Gasteiger partial charge in [-0.3, -0.25) is 14.5 Å². The molecule has 0 spiro atoms. The van der Waals surface area contributed by atoms with Crippen molar-refractivity contribution in [3.8, 4) is 0 Å². The summed E-state index contributed by atoms with van der Waals surface area (Å²) in [6, 6.07) is 8.36. The second-order valence-electron chi connectivity index (χ2n) is 6.55. The van der Waals surface area contributed by atoms with Gasteiger partial charge in [0, 0.05) is 37.6 Å². The van der Waals surface area contributed by atoms with Crippen LogP contribution in [-0.2, 0) is 20.7 Å². The summed E-state index contributed by atoms with van der Waals surface area (Å²) in [6.45, 7) is 3.75. The molecule has 1 fully saturated rings. The lowest BCUT2D eigenvalue weighted by atomic mass is 10.1. The zero-order valence-corrected chi connectivity index (χ0v) is 16.3. The molecule has 1 unspecified atom stereocenters. The van der Waals surface area contributed by atoms with E-state index in [0.717, 1.165) is 11.3 Å². The van der Waals surface area contributed by atoms with Gasteiger partial charge in [0.1, 0.15) is 6.10 Å². The molecular formula is C19H24N4O3S. The number of nitrogens with zero attached hydrogens (tertiary/aromatic N) is 2. The number of aromatic nitrogens is 1. The highest BCUT2D eigenvalue weighted by Crippen LogP contribution is 2.21. The van der Waals surface area contributed by atoms with E-state index in [1.54, 1.807) is 13.2 Å². The van der Waals surface area contributed by atoms with Crippen LogP contribution in [0.4, 0.5) is 5.13 Å². The maximum absolute atomic E-state index is 12.3. The van der Waals surface area contributed by atoms with Crippen molar-refractivity contribution < 1.29 is 14.3 Å². The average molecular weight is 388 g/mol. The Labute approximate surface area is 162 Å². The highest BCUT2D eigenvalue weighted by molar-refractivity contribution is 7.15. The molecule has 2 aromatic rings. The molecule has 0 aliphatic carbocycles. The highest BCUT2D eigenvalue weighted by Gasteiger charge is 2.27. The second-order valence-corrected chi connectivity index (χ2v) is 7.67. The lowest BCUT2D eigenvalue weighted by Crippen LogP contribution is -2.50. The quantitative estimate of drug-likeness (QED) is 0.782. The summed E-state index contributed by atoms with van der Waals surface area (Å²) in [4.78, 5) is 31.3. The Kier molecular flexibility index (Phi) is 6.54. The number of carbonyl (C=O) groups excluding carboxylic acids is 2. The summed E-state index contributed by atoms with van der Waals surface area (Å²) in [7, 11) is 1.58. The molecule has 27 heavy (non-hydrogen) atoms. The van der Waals surface area contributed by atoms with Crippen LogP contribution in [0.2, 0.25) is 0 Å². The van der Waals surface area contributed by atoms with E-state index in [1.807, 2.05) is 11.0 Å². The van der Waals surface area contributed by atoms with E-state index >= 15 is 0 Å². The number of rotatable bonds is 6. The van der Waals surface area contributed by atoms with Gasteiger partial charge in [-0.2, -0.15) is 0 Å². The number of thiazole rings is 1. The minimum Gasteiger partial charge on any atom is -0.366 e. The third kappa shape index (κ3) is 5.59. The van der Waals surface area contributed by atoms with Crippen LogP contribution in [0.1, 0.15) is 16.0 Å². The number of hydrogen-bond donors (Lipinski definition) is 2. The Morgan fingerprint density at radius 3 is 3.04 bits per heavy atom. The van der Waals surface area contributed by atoms with Crippen LogP contribution in [0.15, 0.2) is 30.5 Å². The molecule has 0 saturated carbocycles. The number of nitrogens with one attached hydrogen (secondary N) is 2. The Balaban J connectivity index is 1.51. The van der Waals surface area contributed by atoms with Gasteiger partial charge in [-0.05, 0) is 12.5 Å². The third-order valence-electron chi connectivity index (χ3n) is 4.32. The largest absolute Gasteiger partial charge is 0.366 e. The first-order valence-corrected chi connectivity index (χ1v) is 9.71. The summed E-state index contributed by atoms with van der Waals surface area (Å²) in [5, 5.41) is 6.02. The highest BCUT2D eigenvalue weighted by atomic mass is 32.1. The molecule has 2 amide bonds. The smallest absolute Gasteiger partial charge is 0.250 e. The molecule has 1 aliphatic heterocycles. The molecule has 2 N–H and O–H groups in total. The lowest BCUT2D eigenvalue weighted by molar-refractivity contribution is -0.139. The number of amides is 2. The molecule has 1 aliphatic rings. The Morgan fingerprint density at radius 1 is 1.41 bits per heavy atom. The second kappa shape index (κ2) is 9.07. The van der Waals surface area contributed by atoms with Crippen molar-refractivity contribution in [2.45, 2.75) is 19.4 Å². The summed E-state index contributed by atoms with van der Waals surface area (Å²) >= 11 is 1.48. The maximum Gasteiger partial charge on any atom is 0.250 e. The summed E-state index contributed by atoms with van der Waals surface area (Å²) < 4.78 is 5.43. The molecular weight excluding hydrogens is 364 g/mol. The molecule has 2 heterocycles. The zero-order chi connectivity index (χ0) is 19.2. The van der Waals surface area contributed by atoms with Gasteiger partial charge in [-0.1, -0.05) is 29.8 Å². The number of benzene rings is 1. The van der Waals surface area contributed by atoms with Crippen LogP contribution in [0.5, 0.6) is 0 Å². The minimum absolute atomic E-state index is 0.135. The summed E-state index contributed by atoms with van der Waals surface area (Å²) in [6.07, 6.45) is 2.07. The van der Waals surface area contributed by atoms with Gasteiger partial charge in [0.25, 0.3) is 0 Å². The van der Waals surface area contributed by atoms with Gasteiger partial charge in [0.05, 0.1) is 13.2 Å². The van der Waals surface area contributed by atoms with Crippen LogP contribution < -0.4 is 10.6 Å². The van der Waals surface area contributed by atoms with E-state index in [2.05, 4.69) is 40.7 Å². The molecule has 1 atom stereocenters. The molecule has 1 aromatic heterocycles. The number of morpholine rings is 1. The molecule has 0 radical (unpaired) electrons. The van der Waals surface area contributed by atoms with Crippen molar-refractivity contribution >= 4 is 28.3 Å². The van der Waals surface area contributed by atoms with E-state index in [9.17, 15) is 9.59 Å². The van der Waals surface area contributed by atoms with Gasteiger partial charge in [0.15, 0.2) is 5.13 Å². The molecule has 1 aromatic carbocycles. The molecule has 7 nitrogen and oxygen atoms in total. The van der Waals surface area contributed by atoms with E-state index in [1.165, 1.54) is 22.5 Å². The van der Waals surface area contributed by atoms with Crippen molar-refractivity contribution in [1.82, 2.24) is 15.2 Å². The van der Waals surface area contributed by atoms with Crippen molar-refractivity contribution in [2.75, 3.05) is 38.6 Å². The monoisotopic (exact) mass is 388 g/mol. The Bertz CT molecular complexity index is 808. The van der Waals surface area contributed by atoms with E-state index in [4.69, 9.17) is 4.74 Å². The standard InChI is InChI=1S/C19H24N4O3S/c1-13-4-3-5-14(8-13)9-15-10-21-19(27-15)22-17(24)12-23-6-7-26-16(11-23)18(25)20-2/h3-5,8,10,16H,6-7,9,11-12H2,1-2H3,(H,20,25)(H,21,22,24). The van der Waals surface area contributed by atoms with Crippen molar-refractivity contribution in [3.05, 3.63) is 46.5 Å². The van der Waals surface area contributed by atoms with Crippen LogP contribution in [0.25, 0.3) is 0 Å². The lowest BCUT2D eigenvalue weighted by Gasteiger charge is -2.31. The van der Waals surface area contributed by atoms with Crippen molar-refractivity contribution in [1.29, 1.82) is 0 Å². The van der Waals surface area contributed by atoms with E-state index < -0.39 is 6.10 Å². The van der Waals surface area contributed by atoms with Crippen molar-refractivity contribution in [3.63, 3.8) is 0 Å². The molecule has 144 valence electrons. The number of ether oxygens (including phenoxy) is 1. The first kappa shape index (κ1) is 19.5. The average Bonchev–Trinajstić information content (AvgIpc) is 3.07. The number of anilines is 1. The summed E-state index contributed by atoms with van der Waals surface area (Å²) in [5.41, 5.74) is 2.45. The first-order chi connectivity index (χ1) is 13.0. The molecule has 1 saturated heterocycles. The number of likely N-dealkylation sites (N-methyl/N-ethyl adjacent to an activating group) is 1. The predicted octanol–water partition coefficient (Wildman–Crippen LogP) is 1.43. The zero-order valence-electron chi connectivity index (χ0n) is 15.5. The fourth-order valence-corrected chi connectivity index (χ4v) is 3.86. The SMILES string of the molecule is CNC(=O)C1CN(CC(=O)Nc2ncc(Cc3cccc(C)c3)s2)CCO1. The van der Waals surface area contributed by atoms with Gasteiger partial charge in [-0.25, -0.2) is 4.98 Å². The van der Waals surface area contributed by atoms with E-state index in [0.29, 0.717) is 24.8 Å². The molecule has 3 rings (SSSR count). The molecule has 0 bridgehead atoms. The van der Waals surface area contributed by atoms with Gasteiger partial charge >= 0.3 is 0 Å². The van der Waals surface area contributed by atoms with Crippen LogP contribution in [0.3, 0.4) is 0 Å². The van der Waals surface area contributed by atoms with Gasteiger partial charge in [0.2, 0.25) is 11.8 Å². The summed E-state index contributed by atoms with van der Waals surface area (Å²) in [5.74, 6) is -0.301. The number of aryl methyl sites for hydroxylation is 1. The number of carbonyl (C=O) groups is 2. The van der Waals surface area contributed by atoms with Gasteiger partial charge in [-0.15, -0.1) is 11.3 Å². The third-order valence-corrected chi connectivity index (χ3v) is 5.23. The van der Waals surface area contributed by atoms with Crippen LogP contribution >= 0.6 is 11.3 Å². The predicted molar refractivity (Wildman–Crippen MR) is 105 cm³/mol. The maximum atomic E-state index is 12.3. The normalized spacial score (nSPS) is 17.5.